The van der Waals surface area contributed by atoms with Gasteiger partial charge >= 0.3 is 0 Å². The van der Waals surface area contributed by atoms with Gasteiger partial charge in [0.25, 0.3) is 0 Å². The number of nitrogens with two attached hydrogens (primary N) is 1. The van der Waals surface area contributed by atoms with Gasteiger partial charge in [0.2, 0.25) is 5.51 Å². The summed E-state index contributed by atoms with van der Waals surface area (Å²) >= 11 is 1.70. The molecule has 122 valence electrons. The van der Waals surface area contributed by atoms with Crippen LogP contribution in [-0.4, -0.2) is 34.9 Å². The highest BCUT2D eigenvalue weighted by atomic mass is 35.5. The molecule has 2 heterocycles. The number of hydrogen-bond donors (Lipinski definition) is 2. The molecule has 3 N–H and O–H groups in total. The summed E-state index contributed by atoms with van der Waals surface area (Å²) in [7, 11) is 0. The van der Waals surface area contributed by atoms with Gasteiger partial charge in [-0.25, -0.2) is 9.97 Å². The molecule has 8 heteroatoms. The van der Waals surface area contributed by atoms with Crippen LogP contribution in [0.25, 0.3) is 0 Å². The van der Waals surface area contributed by atoms with Gasteiger partial charge in [0, 0.05) is 19.5 Å². The first-order valence-corrected chi connectivity index (χ1v) is 7.72. The molecule has 0 aliphatic rings. The number of hydrogen-bond acceptors (Lipinski definition) is 6. The number of ether oxygens (including phenoxy) is 1. The maximum atomic E-state index is 8.68. The first-order valence-electron chi connectivity index (χ1n) is 6.84. The van der Waals surface area contributed by atoms with E-state index in [2.05, 4.69) is 27.0 Å². The third-order valence-electron chi connectivity index (χ3n) is 3.22. The van der Waals surface area contributed by atoms with Gasteiger partial charge < -0.3 is 28.0 Å². The quantitative estimate of drug-likeness (QED) is 0.433. The summed E-state index contributed by atoms with van der Waals surface area (Å²) < 4.78 is 7.46. The van der Waals surface area contributed by atoms with Crippen molar-refractivity contribution in [3.05, 3.63) is 33.7 Å². The molecule has 0 fully saturated rings. The molecule has 0 atom stereocenters. The second kappa shape index (κ2) is 8.99. The lowest BCUT2D eigenvalue weighted by Gasteiger charge is -2.02. The number of thiazole rings is 1. The van der Waals surface area contributed by atoms with Crippen LogP contribution < -0.4 is 22.7 Å². The van der Waals surface area contributed by atoms with E-state index in [9.17, 15) is 0 Å². The molecule has 22 heavy (non-hydrogen) atoms. The maximum absolute atomic E-state index is 8.68. The van der Waals surface area contributed by atoms with Crippen LogP contribution in [-0.2, 0) is 17.7 Å². The number of aromatic nitrogens is 3. The lowest BCUT2D eigenvalue weighted by atomic mass is 10.2. The minimum absolute atomic E-state index is 0. The van der Waals surface area contributed by atoms with Crippen LogP contribution in [0.15, 0.2) is 11.7 Å². The lowest BCUT2D eigenvalue weighted by molar-refractivity contribution is -0.689. The van der Waals surface area contributed by atoms with E-state index in [0.717, 1.165) is 12.0 Å². The Kier molecular flexibility index (Phi) is 7.67. The topological polar surface area (TPSA) is 85.1 Å². The fraction of sp³-hybridized carbons (Fsp3) is 0.500. The zero-order chi connectivity index (χ0) is 15.2. The number of nitrogens with zero attached hydrogens (tertiary/aromatic N) is 3. The molecule has 2 aromatic heterocycles. The summed E-state index contributed by atoms with van der Waals surface area (Å²) in [5.74, 6) is 1.22. The smallest absolute Gasteiger partial charge is 0.225 e. The Balaban J connectivity index is 0.00000242. The number of anilines is 1. The van der Waals surface area contributed by atoms with Gasteiger partial charge in [-0.3, -0.25) is 0 Å². The Morgan fingerprint density at radius 2 is 2.14 bits per heavy atom. The first kappa shape index (κ1) is 18.8. The molecule has 0 saturated heterocycles. The maximum Gasteiger partial charge on any atom is 0.225 e. The molecule has 0 aromatic carbocycles. The number of halogens is 1. The van der Waals surface area contributed by atoms with Gasteiger partial charge in [-0.2, -0.15) is 4.57 Å². The summed E-state index contributed by atoms with van der Waals surface area (Å²) in [4.78, 5) is 9.66. The Labute approximate surface area is 140 Å². The highest BCUT2D eigenvalue weighted by Gasteiger charge is 2.17. The zero-order valence-electron chi connectivity index (χ0n) is 12.8. The normalized spacial score (nSPS) is 10.5. The van der Waals surface area contributed by atoms with Gasteiger partial charge in [-0.15, -0.1) is 0 Å². The van der Waals surface area contributed by atoms with E-state index in [4.69, 9.17) is 15.6 Å². The Bertz CT molecular complexity index is 607. The molecule has 0 radical (unpaired) electrons. The number of nitrogen functional groups attached to an aromatic ring is 1. The highest BCUT2D eigenvalue weighted by molar-refractivity contribution is 7.09. The fourth-order valence-electron chi connectivity index (χ4n) is 2.00. The van der Waals surface area contributed by atoms with Crippen molar-refractivity contribution in [3.63, 3.8) is 0 Å². The number of aryl methyl sites for hydroxylation is 1. The third-order valence-corrected chi connectivity index (χ3v) is 4.37. The third kappa shape index (κ3) is 4.88. The Morgan fingerprint density at radius 1 is 1.36 bits per heavy atom. The molecule has 0 bridgehead atoms. The summed E-state index contributed by atoms with van der Waals surface area (Å²) in [6, 6.07) is 0. The van der Waals surface area contributed by atoms with E-state index in [1.807, 2.05) is 6.92 Å². The minimum atomic E-state index is 0. The molecule has 6 nitrogen and oxygen atoms in total. The van der Waals surface area contributed by atoms with Crippen molar-refractivity contribution in [1.29, 1.82) is 0 Å². The summed E-state index contributed by atoms with van der Waals surface area (Å²) in [6.45, 7) is 5.66. The summed E-state index contributed by atoms with van der Waals surface area (Å²) in [6.07, 6.45) is 2.63. The van der Waals surface area contributed by atoms with Crippen LogP contribution in [0.1, 0.15) is 22.0 Å². The standard InChI is InChI=1S/C14H21N4O2S.ClH/c1-10-13(3-5-20-6-4-19)21-9-18(10)8-12-7-16-11(2)17-14(12)15;/h7,9,19H,3-6,8H2,1-2H3,(H2,15,16,17);1H/q+1;/p-1. The number of rotatable bonds is 7. The molecule has 0 amide bonds. The minimum Gasteiger partial charge on any atom is -1.00 e. The van der Waals surface area contributed by atoms with Crippen molar-refractivity contribution in [2.45, 2.75) is 26.8 Å². The molecule has 2 rings (SSSR count). The van der Waals surface area contributed by atoms with Crippen molar-refractivity contribution in [3.8, 4) is 0 Å². The molecule has 0 saturated carbocycles. The lowest BCUT2D eigenvalue weighted by Crippen LogP contribution is -3.00. The molecule has 0 unspecified atom stereocenters. The van der Waals surface area contributed by atoms with E-state index in [1.165, 1.54) is 10.6 Å². The fourth-order valence-corrected chi connectivity index (χ4v) is 2.97. The summed E-state index contributed by atoms with van der Waals surface area (Å²) in [5, 5.41) is 8.68. The second-order valence-corrected chi connectivity index (χ2v) is 5.71. The van der Waals surface area contributed by atoms with E-state index in [-0.39, 0.29) is 19.0 Å². The first-order chi connectivity index (χ1) is 10.1. The number of aliphatic hydroxyl groups is 1. The van der Waals surface area contributed by atoms with E-state index < -0.39 is 0 Å². The van der Waals surface area contributed by atoms with Crippen molar-refractivity contribution in [1.82, 2.24) is 9.97 Å². The zero-order valence-corrected chi connectivity index (χ0v) is 14.3. The van der Waals surface area contributed by atoms with Crippen LogP contribution in [0.4, 0.5) is 5.82 Å². The molecule has 2 aromatic rings. The van der Waals surface area contributed by atoms with Gasteiger partial charge in [0.15, 0.2) is 12.2 Å². The monoisotopic (exact) mass is 344 g/mol. The van der Waals surface area contributed by atoms with Crippen molar-refractivity contribution >= 4 is 17.2 Å². The van der Waals surface area contributed by atoms with Crippen molar-refractivity contribution < 1.29 is 26.8 Å². The van der Waals surface area contributed by atoms with Gasteiger partial charge in [-0.1, -0.05) is 11.3 Å². The van der Waals surface area contributed by atoms with Crippen LogP contribution >= 0.6 is 11.3 Å². The van der Waals surface area contributed by atoms with Gasteiger partial charge in [-0.05, 0) is 6.92 Å². The van der Waals surface area contributed by atoms with Gasteiger partial charge in [0.05, 0.1) is 30.3 Å². The van der Waals surface area contributed by atoms with E-state index in [1.54, 1.807) is 17.5 Å². The second-order valence-electron chi connectivity index (χ2n) is 4.77. The summed E-state index contributed by atoms with van der Waals surface area (Å²) in [5.41, 5.74) is 10.1. The van der Waals surface area contributed by atoms with Crippen LogP contribution in [0.5, 0.6) is 0 Å². The molecular weight excluding hydrogens is 324 g/mol. The van der Waals surface area contributed by atoms with Crippen molar-refractivity contribution in [2.24, 2.45) is 0 Å². The largest absolute Gasteiger partial charge is 1.00 e. The van der Waals surface area contributed by atoms with Crippen molar-refractivity contribution in [2.75, 3.05) is 25.6 Å². The molecule has 0 aliphatic carbocycles. The number of aliphatic hydroxyl groups excluding tert-OH is 1. The van der Waals surface area contributed by atoms with Gasteiger partial charge in [0.1, 0.15) is 11.6 Å². The average Bonchev–Trinajstić information content (AvgIpc) is 2.79. The predicted molar refractivity (Wildman–Crippen MR) is 81.1 cm³/mol. The SMILES string of the molecule is Cc1ncc(C[n+]2csc(CCOCCO)c2C)c(N)n1.[Cl-]. The van der Waals surface area contributed by atoms with Crippen LogP contribution in [0.2, 0.25) is 0 Å². The van der Waals surface area contributed by atoms with E-state index >= 15 is 0 Å². The highest BCUT2D eigenvalue weighted by Crippen LogP contribution is 2.14. The van der Waals surface area contributed by atoms with Crippen LogP contribution in [0.3, 0.4) is 0 Å². The van der Waals surface area contributed by atoms with E-state index in [0.29, 0.717) is 31.4 Å². The predicted octanol–water partition coefficient (Wildman–Crippen LogP) is -2.37. The molecular formula is C14H21ClN4O2S. The molecule has 0 spiro atoms. The Hall–Kier alpha value is -1.28. The van der Waals surface area contributed by atoms with Crippen LogP contribution in [0, 0.1) is 13.8 Å². The molecule has 0 aliphatic heterocycles. The average molecular weight is 345 g/mol. The Morgan fingerprint density at radius 3 is 2.82 bits per heavy atom.